The average molecular weight is 180 g/mol. The van der Waals surface area contributed by atoms with Gasteiger partial charge in [-0.15, -0.1) is 0 Å². The van der Waals surface area contributed by atoms with E-state index in [0.29, 0.717) is 18.8 Å². The molecule has 0 amide bonds. The van der Waals surface area contributed by atoms with Crippen molar-refractivity contribution in [2.24, 2.45) is 17.8 Å². The lowest BCUT2D eigenvalue weighted by molar-refractivity contribution is -0.187. The molecule has 0 saturated heterocycles. The predicted molar refractivity (Wildman–Crippen MR) is 41.7 cm³/mol. The molecule has 0 nitrogen and oxygen atoms in total. The Morgan fingerprint density at radius 2 is 1.58 bits per heavy atom. The van der Waals surface area contributed by atoms with Crippen LogP contribution in [0, 0.1) is 17.8 Å². The molecule has 1 saturated carbocycles. The van der Waals surface area contributed by atoms with Crippen LogP contribution in [0.5, 0.6) is 0 Å². The molecule has 1 fully saturated rings. The van der Waals surface area contributed by atoms with E-state index in [4.69, 9.17) is 0 Å². The largest absolute Gasteiger partial charge is 0.391 e. The molecule has 0 aromatic rings. The van der Waals surface area contributed by atoms with Crippen molar-refractivity contribution in [2.75, 3.05) is 0 Å². The van der Waals surface area contributed by atoms with Gasteiger partial charge in [0.2, 0.25) is 0 Å². The van der Waals surface area contributed by atoms with Gasteiger partial charge < -0.3 is 0 Å². The van der Waals surface area contributed by atoms with E-state index in [1.807, 2.05) is 13.8 Å². The van der Waals surface area contributed by atoms with Crippen molar-refractivity contribution in [3.8, 4) is 0 Å². The molecule has 12 heavy (non-hydrogen) atoms. The van der Waals surface area contributed by atoms with Crippen LogP contribution >= 0.6 is 0 Å². The maximum Gasteiger partial charge on any atom is 0.391 e. The fourth-order valence-corrected chi connectivity index (χ4v) is 1.84. The molecule has 3 unspecified atom stereocenters. The molecule has 0 heterocycles. The first-order chi connectivity index (χ1) is 5.41. The normalized spacial score (nSPS) is 38.2. The predicted octanol–water partition coefficient (Wildman–Crippen LogP) is 3.62. The van der Waals surface area contributed by atoms with Crippen molar-refractivity contribution in [2.45, 2.75) is 39.3 Å². The molecule has 0 aromatic carbocycles. The zero-order chi connectivity index (χ0) is 9.35. The fraction of sp³-hybridized carbons (Fsp3) is 1.00. The second-order valence-electron chi connectivity index (χ2n) is 4.01. The smallest absolute Gasteiger partial charge is 0.171 e. The van der Waals surface area contributed by atoms with Crippen LogP contribution in [-0.4, -0.2) is 6.18 Å². The van der Waals surface area contributed by atoms with Gasteiger partial charge in [0.25, 0.3) is 0 Å². The van der Waals surface area contributed by atoms with Crippen molar-refractivity contribution in [3.63, 3.8) is 0 Å². The summed E-state index contributed by atoms with van der Waals surface area (Å²) >= 11 is 0. The van der Waals surface area contributed by atoms with E-state index >= 15 is 0 Å². The minimum absolute atomic E-state index is 0.227. The van der Waals surface area contributed by atoms with Gasteiger partial charge in [0.05, 0.1) is 5.92 Å². The molecule has 3 atom stereocenters. The molecule has 1 aliphatic rings. The van der Waals surface area contributed by atoms with Crippen LogP contribution in [0.15, 0.2) is 0 Å². The average Bonchev–Trinajstić information content (AvgIpc) is 1.92. The lowest BCUT2D eigenvalue weighted by Gasteiger charge is -2.32. The Labute approximate surface area is 71.1 Å². The highest BCUT2D eigenvalue weighted by molar-refractivity contribution is 4.79. The highest BCUT2D eigenvalue weighted by Crippen LogP contribution is 2.41. The topological polar surface area (TPSA) is 0 Å². The van der Waals surface area contributed by atoms with E-state index in [-0.39, 0.29) is 5.92 Å². The summed E-state index contributed by atoms with van der Waals surface area (Å²) in [6.45, 7) is 3.96. The number of halogens is 3. The molecule has 0 aromatic heterocycles. The Hall–Kier alpha value is -0.210. The van der Waals surface area contributed by atoms with Crippen LogP contribution in [0.25, 0.3) is 0 Å². The van der Waals surface area contributed by atoms with Gasteiger partial charge >= 0.3 is 6.18 Å². The van der Waals surface area contributed by atoms with E-state index < -0.39 is 12.1 Å². The second kappa shape index (κ2) is 3.27. The first kappa shape index (κ1) is 9.87. The van der Waals surface area contributed by atoms with Gasteiger partial charge in [-0.25, -0.2) is 0 Å². The first-order valence-corrected chi connectivity index (χ1v) is 4.48. The Bertz CT molecular complexity index is 150. The maximum atomic E-state index is 12.2. The molecule has 3 heteroatoms. The van der Waals surface area contributed by atoms with Crippen LogP contribution in [0.2, 0.25) is 0 Å². The molecule has 0 radical (unpaired) electrons. The summed E-state index contributed by atoms with van der Waals surface area (Å²) in [5.41, 5.74) is 0. The number of hydrogen-bond acceptors (Lipinski definition) is 0. The quantitative estimate of drug-likeness (QED) is 0.534. The molecule has 1 rings (SSSR count). The second-order valence-corrected chi connectivity index (χ2v) is 4.01. The van der Waals surface area contributed by atoms with Gasteiger partial charge in [-0.1, -0.05) is 13.8 Å². The van der Waals surface area contributed by atoms with Gasteiger partial charge in [-0.05, 0) is 31.1 Å². The van der Waals surface area contributed by atoms with Crippen molar-refractivity contribution >= 4 is 0 Å². The molecule has 1 aliphatic carbocycles. The molecule has 72 valence electrons. The molecule has 0 aliphatic heterocycles. The number of alkyl halides is 3. The monoisotopic (exact) mass is 180 g/mol. The third-order valence-electron chi connectivity index (χ3n) is 3.06. The summed E-state index contributed by atoms with van der Waals surface area (Å²) in [6.07, 6.45) is -2.58. The van der Waals surface area contributed by atoms with Crippen LogP contribution in [-0.2, 0) is 0 Å². The van der Waals surface area contributed by atoms with E-state index in [0.717, 1.165) is 6.42 Å². The summed E-state index contributed by atoms with van der Waals surface area (Å²) in [4.78, 5) is 0. The van der Waals surface area contributed by atoms with E-state index in [9.17, 15) is 13.2 Å². The van der Waals surface area contributed by atoms with Crippen LogP contribution < -0.4 is 0 Å². The Morgan fingerprint density at radius 3 is 2.00 bits per heavy atom. The molecular weight excluding hydrogens is 165 g/mol. The van der Waals surface area contributed by atoms with E-state index in [2.05, 4.69) is 0 Å². The van der Waals surface area contributed by atoms with Crippen LogP contribution in [0.1, 0.15) is 33.1 Å². The van der Waals surface area contributed by atoms with E-state index in [1.54, 1.807) is 0 Å². The third-order valence-corrected chi connectivity index (χ3v) is 3.06. The molecule has 0 N–H and O–H groups in total. The van der Waals surface area contributed by atoms with Gasteiger partial charge in [-0.3, -0.25) is 0 Å². The Morgan fingerprint density at radius 1 is 1.00 bits per heavy atom. The summed E-state index contributed by atoms with van der Waals surface area (Å²) in [6, 6.07) is 0. The van der Waals surface area contributed by atoms with Gasteiger partial charge in [0.1, 0.15) is 0 Å². The molecular formula is C9H15F3. The summed E-state index contributed by atoms with van der Waals surface area (Å²) in [5, 5.41) is 0. The van der Waals surface area contributed by atoms with Crippen molar-refractivity contribution in [1.29, 1.82) is 0 Å². The lowest BCUT2D eigenvalue weighted by atomic mass is 9.75. The Kier molecular flexibility index (Phi) is 2.69. The van der Waals surface area contributed by atoms with Crippen molar-refractivity contribution in [1.82, 2.24) is 0 Å². The van der Waals surface area contributed by atoms with Crippen molar-refractivity contribution < 1.29 is 13.2 Å². The first-order valence-electron chi connectivity index (χ1n) is 4.48. The van der Waals surface area contributed by atoms with Crippen LogP contribution in [0.4, 0.5) is 13.2 Å². The zero-order valence-electron chi connectivity index (χ0n) is 7.49. The Balaban J connectivity index is 2.51. The highest BCUT2D eigenvalue weighted by Gasteiger charge is 2.42. The standard InChI is InChI=1S/C9H15F3/c1-6-3-4-8(5-7(6)2)9(10,11)12/h6-8H,3-5H2,1-2H3. The van der Waals surface area contributed by atoms with Crippen molar-refractivity contribution in [3.05, 3.63) is 0 Å². The SMILES string of the molecule is CC1CCC(C(F)(F)F)CC1C. The zero-order valence-corrected chi connectivity index (χ0v) is 7.49. The summed E-state index contributed by atoms with van der Waals surface area (Å²) in [7, 11) is 0. The summed E-state index contributed by atoms with van der Waals surface area (Å²) < 4.78 is 36.7. The van der Waals surface area contributed by atoms with Crippen LogP contribution in [0.3, 0.4) is 0 Å². The van der Waals surface area contributed by atoms with Gasteiger partial charge in [0, 0.05) is 0 Å². The molecule has 0 spiro atoms. The van der Waals surface area contributed by atoms with E-state index in [1.165, 1.54) is 0 Å². The number of rotatable bonds is 0. The maximum absolute atomic E-state index is 12.2. The lowest BCUT2D eigenvalue weighted by Crippen LogP contribution is -2.31. The fourth-order valence-electron chi connectivity index (χ4n) is 1.84. The summed E-state index contributed by atoms with van der Waals surface area (Å²) in [5.74, 6) is -0.349. The van der Waals surface area contributed by atoms with Gasteiger partial charge in [0.15, 0.2) is 0 Å². The number of hydrogen-bond donors (Lipinski definition) is 0. The highest BCUT2D eigenvalue weighted by atomic mass is 19.4. The minimum atomic E-state index is -3.96. The third kappa shape index (κ3) is 2.14. The molecule has 0 bridgehead atoms. The minimum Gasteiger partial charge on any atom is -0.171 e. The van der Waals surface area contributed by atoms with Gasteiger partial charge in [-0.2, -0.15) is 13.2 Å².